The molecule has 0 radical (unpaired) electrons. The zero-order chi connectivity index (χ0) is 8.69. The Kier molecular flexibility index (Phi) is 5.25. The van der Waals surface area contributed by atoms with Crippen molar-refractivity contribution in [2.75, 3.05) is 13.1 Å². The molecule has 0 rings (SSSR count). The molecule has 0 aromatic rings. The average Bonchev–Trinajstić information content (AvgIpc) is 1.97. The fraction of sp³-hybridized carbons (Fsp3) is 0.625. The molecule has 0 aromatic carbocycles. The van der Waals surface area contributed by atoms with Gasteiger partial charge < -0.3 is 10.0 Å². The van der Waals surface area contributed by atoms with Crippen LogP contribution in [0.25, 0.3) is 0 Å². The van der Waals surface area contributed by atoms with E-state index < -0.39 is 6.09 Å². The van der Waals surface area contributed by atoms with E-state index in [2.05, 4.69) is 0 Å². The lowest BCUT2D eigenvalue weighted by Crippen LogP contribution is -2.30. The summed E-state index contributed by atoms with van der Waals surface area (Å²) in [6.07, 6.45) is 3.71. The summed E-state index contributed by atoms with van der Waals surface area (Å²) >= 11 is 0. The molecule has 0 aromatic heterocycles. The predicted molar refractivity (Wildman–Crippen MR) is 44.7 cm³/mol. The maximum Gasteiger partial charge on any atom is 0.407 e. The van der Waals surface area contributed by atoms with Gasteiger partial charge in [0.05, 0.1) is 0 Å². The molecule has 0 heterocycles. The Morgan fingerprint density at radius 2 is 2.27 bits per heavy atom. The van der Waals surface area contributed by atoms with E-state index in [0.717, 1.165) is 6.42 Å². The zero-order valence-corrected chi connectivity index (χ0v) is 7.08. The third-order valence-electron chi connectivity index (χ3n) is 1.33. The Bertz CT molecular complexity index is 143. The first-order valence-electron chi connectivity index (χ1n) is 3.81. The zero-order valence-electron chi connectivity index (χ0n) is 7.08. The van der Waals surface area contributed by atoms with Crippen LogP contribution in [-0.4, -0.2) is 29.2 Å². The lowest BCUT2D eigenvalue weighted by Gasteiger charge is -2.15. The second-order valence-electron chi connectivity index (χ2n) is 2.30. The van der Waals surface area contributed by atoms with Gasteiger partial charge in [0.25, 0.3) is 0 Å². The lowest BCUT2D eigenvalue weighted by atomic mass is 10.4. The average molecular weight is 157 g/mol. The monoisotopic (exact) mass is 157 g/mol. The van der Waals surface area contributed by atoms with E-state index in [0.29, 0.717) is 13.1 Å². The predicted octanol–water partition coefficient (Wildman–Crippen LogP) is 1.95. The van der Waals surface area contributed by atoms with Crippen LogP contribution in [0.4, 0.5) is 4.79 Å². The van der Waals surface area contributed by atoms with Crippen LogP contribution in [0.15, 0.2) is 12.2 Å². The number of rotatable bonds is 4. The van der Waals surface area contributed by atoms with Gasteiger partial charge in [-0.05, 0) is 13.3 Å². The van der Waals surface area contributed by atoms with Gasteiger partial charge in [0.15, 0.2) is 0 Å². The van der Waals surface area contributed by atoms with E-state index in [1.165, 1.54) is 4.90 Å². The van der Waals surface area contributed by atoms with E-state index in [9.17, 15) is 4.79 Å². The molecule has 11 heavy (non-hydrogen) atoms. The molecule has 0 atom stereocenters. The van der Waals surface area contributed by atoms with Crippen molar-refractivity contribution in [2.45, 2.75) is 20.3 Å². The molecular formula is C8H15NO2. The van der Waals surface area contributed by atoms with Crippen LogP contribution in [0.2, 0.25) is 0 Å². The summed E-state index contributed by atoms with van der Waals surface area (Å²) < 4.78 is 0. The summed E-state index contributed by atoms with van der Waals surface area (Å²) in [5.41, 5.74) is 0. The summed E-state index contributed by atoms with van der Waals surface area (Å²) in [7, 11) is 0. The van der Waals surface area contributed by atoms with E-state index >= 15 is 0 Å². The maximum absolute atomic E-state index is 10.5. The molecule has 1 N–H and O–H groups in total. The highest BCUT2D eigenvalue weighted by molar-refractivity contribution is 5.65. The van der Waals surface area contributed by atoms with Crippen molar-refractivity contribution >= 4 is 6.09 Å². The summed E-state index contributed by atoms with van der Waals surface area (Å²) in [6.45, 7) is 4.96. The molecule has 0 aliphatic carbocycles. The minimum Gasteiger partial charge on any atom is -0.465 e. The number of nitrogens with zero attached hydrogens (tertiary/aromatic N) is 1. The smallest absolute Gasteiger partial charge is 0.407 e. The molecule has 0 saturated heterocycles. The largest absolute Gasteiger partial charge is 0.465 e. The first-order chi connectivity index (χ1) is 5.22. The second-order valence-corrected chi connectivity index (χ2v) is 2.30. The molecule has 0 bridgehead atoms. The molecule has 3 heteroatoms. The van der Waals surface area contributed by atoms with E-state index in [-0.39, 0.29) is 0 Å². The van der Waals surface area contributed by atoms with Gasteiger partial charge in [-0.3, -0.25) is 0 Å². The van der Waals surface area contributed by atoms with Crippen molar-refractivity contribution in [1.82, 2.24) is 4.90 Å². The number of hydrogen-bond donors (Lipinski definition) is 1. The normalized spacial score (nSPS) is 10.4. The molecule has 3 nitrogen and oxygen atoms in total. The highest BCUT2D eigenvalue weighted by Gasteiger charge is 2.06. The Balaban J connectivity index is 3.79. The Labute approximate surface area is 67.3 Å². The number of hydrogen-bond acceptors (Lipinski definition) is 1. The van der Waals surface area contributed by atoms with Gasteiger partial charge in [-0.1, -0.05) is 19.1 Å². The number of carboxylic acid groups (broad SMARTS) is 1. The van der Waals surface area contributed by atoms with E-state index in [1.54, 1.807) is 0 Å². The Morgan fingerprint density at radius 1 is 1.64 bits per heavy atom. The van der Waals surface area contributed by atoms with E-state index in [4.69, 9.17) is 5.11 Å². The van der Waals surface area contributed by atoms with Gasteiger partial charge in [-0.2, -0.15) is 0 Å². The van der Waals surface area contributed by atoms with Crippen LogP contribution in [0, 0.1) is 0 Å². The fourth-order valence-corrected chi connectivity index (χ4v) is 0.768. The molecule has 1 amide bonds. The summed E-state index contributed by atoms with van der Waals surface area (Å²) in [5, 5.41) is 8.62. The number of amides is 1. The van der Waals surface area contributed by atoms with Crippen molar-refractivity contribution < 1.29 is 9.90 Å². The minimum atomic E-state index is -0.843. The van der Waals surface area contributed by atoms with Crippen molar-refractivity contribution in [3.05, 3.63) is 12.2 Å². The lowest BCUT2D eigenvalue weighted by molar-refractivity contribution is 0.150. The first-order valence-corrected chi connectivity index (χ1v) is 3.81. The molecule has 0 fully saturated rings. The van der Waals surface area contributed by atoms with Crippen LogP contribution in [0.3, 0.4) is 0 Å². The molecule has 0 unspecified atom stereocenters. The van der Waals surface area contributed by atoms with Crippen LogP contribution in [-0.2, 0) is 0 Å². The fourth-order valence-electron chi connectivity index (χ4n) is 0.768. The third kappa shape index (κ3) is 4.42. The highest BCUT2D eigenvalue weighted by atomic mass is 16.4. The molecule has 0 spiro atoms. The van der Waals surface area contributed by atoms with Gasteiger partial charge >= 0.3 is 6.09 Å². The highest BCUT2D eigenvalue weighted by Crippen LogP contribution is 1.92. The van der Waals surface area contributed by atoms with Gasteiger partial charge in [0, 0.05) is 13.1 Å². The van der Waals surface area contributed by atoms with Crippen LogP contribution in [0.1, 0.15) is 20.3 Å². The molecule has 0 saturated carbocycles. The Hall–Kier alpha value is -0.990. The SMILES string of the molecule is C/C=C/CN(CCC)C(=O)O. The summed E-state index contributed by atoms with van der Waals surface area (Å²) in [4.78, 5) is 11.9. The van der Waals surface area contributed by atoms with Gasteiger partial charge in [-0.15, -0.1) is 0 Å². The minimum absolute atomic E-state index is 0.500. The van der Waals surface area contributed by atoms with Crippen molar-refractivity contribution in [2.24, 2.45) is 0 Å². The van der Waals surface area contributed by atoms with Crippen molar-refractivity contribution in [3.63, 3.8) is 0 Å². The number of carbonyl (C=O) groups is 1. The molecule has 64 valence electrons. The van der Waals surface area contributed by atoms with Gasteiger partial charge in [0.2, 0.25) is 0 Å². The van der Waals surface area contributed by atoms with Crippen LogP contribution < -0.4 is 0 Å². The van der Waals surface area contributed by atoms with Crippen LogP contribution in [0.5, 0.6) is 0 Å². The molecular weight excluding hydrogens is 142 g/mol. The standard InChI is InChI=1S/C8H15NO2/c1-3-5-7-9(6-4-2)8(10)11/h3,5H,4,6-7H2,1-2H3,(H,10,11)/b5-3+. The van der Waals surface area contributed by atoms with Crippen molar-refractivity contribution in [1.29, 1.82) is 0 Å². The first kappa shape index (κ1) is 10.0. The molecule has 0 aliphatic heterocycles. The Morgan fingerprint density at radius 3 is 2.64 bits per heavy atom. The molecule has 0 aliphatic rings. The quantitative estimate of drug-likeness (QED) is 0.633. The summed E-state index contributed by atoms with van der Waals surface area (Å²) in [6, 6.07) is 0. The number of allylic oxidation sites excluding steroid dienone is 1. The van der Waals surface area contributed by atoms with Gasteiger partial charge in [-0.25, -0.2) is 4.79 Å². The van der Waals surface area contributed by atoms with Crippen molar-refractivity contribution in [3.8, 4) is 0 Å². The summed E-state index contributed by atoms with van der Waals surface area (Å²) in [5.74, 6) is 0. The maximum atomic E-state index is 10.5. The topological polar surface area (TPSA) is 40.5 Å². The van der Waals surface area contributed by atoms with E-state index in [1.807, 2.05) is 26.0 Å². The third-order valence-corrected chi connectivity index (χ3v) is 1.33. The second kappa shape index (κ2) is 5.77. The van der Waals surface area contributed by atoms with Gasteiger partial charge in [0.1, 0.15) is 0 Å². The van der Waals surface area contributed by atoms with Crippen LogP contribution >= 0.6 is 0 Å².